The number of halogens is 1. The van der Waals surface area contributed by atoms with Crippen molar-refractivity contribution >= 4 is 56.7 Å². The number of aromatic nitrogens is 1. The lowest BCUT2D eigenvalue weighted by Gasteiger charge is -2.01. The van der Waals surface area contributed by atoms with Crippen molar-refractivity contribution in [1.29, 1.82) is 0 Å². The van der Waals surface area contributed by atoms with Crippen LogP contribution in [0, 0.1) is 0 Å². The molecule has 0 aliphatic rings. The van der Waals surface area contributed by atoms with Gasteiger partial charge in [0, 0.05) is 10.6 Å². The van der Waals surface area contributed by atoms with Gasteiger partial charge in [0.05, 0.1) is 18.2 Å². The van der Waals surface area contributed by atoms with Gasteiger partial charge in [0.1, 0.15) is 10.7 Å². The normalized spacial score (nSPS) is 10.8. The predicted molar refractivity (Wildman–Crippen MR) is 104 cm³/mol. The molecule has 0 saturated carbocycles. The van der Waals surface area contributed by atoms with Crippen LogP contribution in [-0.4, -0.2) is 24.4 Å². The van der Waals surface area contributed by atoms with Gasteiger partial charge in [0.2, 0.25) is 5.13 Å². The summed E-state index contributed by atoms with van der Waals surface area (Å²) in [6, 6.07) is 11.2. The largest absolute Gasteiger partial charge is 0.453 e. The van der Waals surface area contributed by atoms with Crippen LogP contribution in [0.15, 0.2) is 46.9 Å². The summed E-state index contributed by atoms with van der Waals surface area (Å²) in [4.78, 5) is 17.0. The molecule has 128 valence electrons. The maximum atomic E-state index is 11.5. The lowest BCUT2D eigenvalue weighted by molar-refractivity contribution is 0.187. The Morgan fingerprint density at radius 1 is 1.32 bits per heavy atom. The standard InChI is InChI=1S/C16H13ClN4O2S2/c1-23-16(22)20-14-13(12-7-4-8-24-12)19-15(25-14)21-18-9-10-5-2-3-6-11(10)17/h2-9H,1H3,(H,19,21)(H,20,22). The first kappa shape index (κ1) is 17.4. The first-order valence-corrected chi connectivity index (χ1v) is 9.18. The number of hydrogen-bond acceptors (Lipinski definition) is 7. The third-order valence-corrected chi connectivity index (χ3v) is 5.15. The van der Waals surface area contributed by atoms with Crippen LogP contribution in [0.2, 0.25) is 5.02 Å². The number of thiazole rings is 1. The summed E-state index contributed by atoms with van der Waals surface area (Å²) in [6.45, 7) is 0. The highest BCUT2D eigenvalue weighted by molar-refractivity contribution is 7.21. The number of thiophene rings is 1. The Balaban J connectivity index is 1.81. The van der Waals surface area contributed by atoms with Gasteiger partial charge in [-0.05, 0) is 17.5 Å². The minimum atomic E-state index is -0.549. The highest BCUT2D eigenvalue weighted by atomic mass is 35.5. The van der Waals surface area contributed by atoms with Crippen LogP contribution in [0.4, 0.5) is 14.9 Å². The number of hydrogen-bond donors (Lipinski definition) is 2. The molecule has 0 radical (unpaired) electrons. The maximum Gasteiger partial charge on any atom is 0.412 e. The van der Waals surface area contributed by atoms with Crippen LogP contribution < -0.4 is 10.7 Å². The Hall–Kier alpha value is -2.42. The van der Waals surface area contributed by atoms with Crippen LogP contribution in [0.5, 0.6) is 0 Å². The number of anilines is 2. The van der Waals surface area contributed by atoms with E-state index in [9.17, 15) is 4.79 Å². The monoisotopic (exact) mass is 392 g/mol. The number of hydrazone groups is 1. The second-order valence-corrected chi connectivity index (χ2v) is 7.04. The first-order chi connectivity index (χ1) is 12.2. The molecule has 1 aromatic carbocycles. The maximum absolute atomic E-state index is 11.5. The summed E-state index contributed by atoms with van der Waals surface area (Å²) in [5.41, 5.74) is 4.32. The van der Waals surface area contributed by atoms with E-state index in [-0.39, 0.29) is 0 Å². The average molecular weight is 393 g/mol. The van der Waals surface area contributed by atoms with Crippen molar-refractivity contribution in [3.8, 4) is 10.6 Å². The summed E-state index contributed by atoms with van der Waals surface area (Å²) >= 11 is 8.88. The number of nitrogens with one attached hydrogen (secondary N) is 2. The molecule has 0 aliphatic heterocycles. The number of benzene rings is 1. The zero-order valence-corrected chi connectivity index (χ0v) is 15.4. The molecule has 2 N–H and O–H groups in total. The van der Waals surface area contributed by atoms with Crippen LogP contribution >= 0.6 is 34.3 Å². The average Bonchev–Trinajstić information content (AvgIpc) is 3.26. The molecule has 0 unspecified atom stereocenters. The fourth-order valence-electron chi connectivity index (χ4n) is 1.91. The topological polar surface area (TPSA) is 75.6 Å². The summed E-state index contributed by atoms with van der Waals surface area (Å²) in [5.74, 6) is 0. The summed E-state index contributed by atoms with van der Waals surface area (Å²) in [6.07, 6.45) is 1.06. The number of ether oxygens (including phenoxy) is 1. The zero-order valence-electron chi connectivity index (χ0n) is 13.0. The molecule has 1 amide bonds. The van der Waals surface area contributed by atoms with Crippen molar-refractivity contribution in [1.82, 2.24) is 4.98 Å². The lowest BCUT2D eigenvalue weighted by atomic mass is 10.2. The molecular formula is C16H13ClN4O2S2. The van der Waals surface area contributed by atoms with Gasteiger partial charge in [-0.3, -0.25) is 10.7 Å². The number of nitrogens with zero attached hydrogens (tertiary/aromatic N) is 2. The molecule has 3 rings (SSSR count). The summed E-state index contributed by atoms with van der Waals surface area (Å²) in [7, 11) is 1.31. The number of rotatable bonds is 5. The molecular weight excluding hydrogens is 380 g/mol. The molecule has 3 aromatic rings. The molecule has 0 fully saturated rings. The van der Waals surface area contributed by atoms with E-state index in [2.05, 4.69) is 25.6 Å². The van der Waals surface area contributed by atoms with Crippen LogP contribution in [0.3, 0.4) is 0 Å². The molecule has 2 heterocycles. The quantitative estimate of drug-likeness (QED) is 0.465. The van der Waals surface area contributed by atoms with Crippen molar-refractivity contribution < 1.29 is 9.53 Å². The third kappa shape index (κ3) is 4.36. The SMILES string of the molecule is COC(=O)Nc1sc(NN=Cc2ccccc2Cl)nc1-c1cccs1. The highest BCUT2D eigenvalue weighted by Gasteiger charge is 2.16. The van der Waals surface area contributed by atoms with Gasteiger partial charge in [-0.2, -0.15) is 5.10 Å². The summed E-state index contributed by atoms with van der Waals surface area (Å²) in [5, 5.41) is 10.5. The second kappa shape index (κ2) is 8.11. The molecule has 0 bridgehead atoms. The van der Waals surface area contributed by atoms with E-state index < -0.39 is 6.09 Å². The van der Waals surface area contributed by atoms with E-state index in [1.807, 2.05) is 35.7 Å². The smallest absolute Gasteiger partial charge is 0.412 e. The first-order valence-electron chi connectivity index (χ1n) is 7.10. The summed E-state index contributed by atoms with van der Waals surface area (Å²) < 4.78 is 4.66. The Kier molecular flexibility index (Phi) is 5.64. The number of carbonyl (C=O) groups is 1. The molecule has 25 heavy (non-hydrogen) atoms. The van der Waals surface area contributed by atoms with Crippen molar-refractivity contribution in [2.45, 2.75) is 0 Å². The van der Waals surface area contributed by atoms with E-state index in [0.29, 0.717) is 20.8 Å². The highest BCUT2D eigenvalue weighted by Crippen LogP contribution is 2.38. The van der Waals surface area contributed by atoms with Crippen LogP contribution in [0.25, 0.3) is 10.6 Å². The molecule has 2 aromatic heterocycles. The fraction of sp³-hybridized carbons (Fsp3) is 0.0625. The van der Waals surface area contributed by atoms with Crippen molar-refractivity contribution in [3.63, 3.8) is 0 Å². The van der Waals surface area contributed by atoms with Crippen LogP contribution in [-0.2, 0) is 4.74 Å². The van der Waals surface area contributed by atoms with Gasteiger partial charge in [-0.15, -0.1) is 11.3 Å². The Labute approximate surface area is 157 Å². The lowest BCUT2D eigenvalue weighted by Crippen LogP contribution is -2.10. The fourth-order valence-corrected chi connectivity index (χ4v) is 3.70. The molecule has 9 heteroatoms. The number of carbonyl (C=O) groups excluding carboxylic acids is 1. The van der Waals surface area contributed by atoms with Crippen molar-refractivity contribution in [2.24, 2.45) is 5.10 Å². The van der Waals surface area contributed by atoms with E-state index in [1.54, 1.807) is 12.3 Å². The molecule has 6 nitrogen and oxygen atoms in total. The molecule has 0 spiro atoms. The zero-order chi connectivity index (χ0) is 17.6. The molecule has 0 saturated heterocycles. The molecule has 0 aliphatic carbocycles. The minimum Gasteiger partial charge on any atom is -0.453 e. The van der Waals surface area contributed by atoms with Crippen molar-refractivity contribution in [2.75, 3.05) is 17.9 Å². The van der Waals surface area contributed by atoms with E-state index in [0.717, 1.165) is 10.4 Å². The predicted octanol–water partition coefficient (Wildman–Crippen LogP) is 5.15. The third-order valence-electron chi connectivity index (χ3n) is 3.05. The Bertz CT molecular complexity index is 893. The van der Waals surface area contributed by atoms with Gasteiger partial charge >= 0.3 is 6.09 Å². The van der Waals surface area contributed by atoms with Gasteiger partial charge in [-0.25, -0.2) is 9.78 Å². The van der Waals surface area contributed by atoms with E-state index in [4.69, 9.17) is 11.6 Å². The van der Waals surface area contributed by atoms with E-state index in [1.165, 1.54) is 29.8 Å². The Morgan fingerprint density at radius 3 is 2.88 bits per heavy atom. The Morgan fingerprint density at radius 2 is 2.16 bits per heavy atom. The van der Waals surface area contributed by atoms with Gasteiger partial charge in [0.25, 0.3) is 0 Å². The van der Waals surface area contributed by atoms with Gasteiger partial charge in [-0.1, -0.05) is 47.2 Å². The molecule has 0 atom stereocenters. The van der Waals surface area contributed by atoms with Gasteiger partial charge < -0.3 is 4.74 Å². The van der Waals surface area contributed by atoms with Crippen molar-refractivity contribution in [3.05, 3.63) is 52.4 Å². The number of methoxy groups -OCH3 is 1. The van der Waals surface area contributed by atoms with Crippen LogP contribution in [0.1, 0.15) is 5.56 Å². The minimum absolute atomic E-state index is 0.540. The van der Waals surface area contributed by atoms with Gasteiger partial charge in [0.15, 0.2) is 0 Å². The number of amides is 1. The van der Waals surface area contributed by atoms with E-state index >= 15 is 0 Å². The second-order valence-electron chi connectivity index (χ2n) is 4.68.